The lowest BCUT2D eigenvalue weighted by Crippen LogP contribution is -2.16. The highest BCUT2D eigenvalue weighted by Crippen LogP contribution is 2.24. The summed E-state index contributed by atoms with van der Waals surface area (Å²) in [5.41, 5.74) is 2.51. The minimum absolute atomic E-state index is 0.0146. The molecule has 0 atom stereocenters. The van der Waals surface area contributed by atoms with Gasteiger partial charge in [-0.2, -0.15) is 0 Å². The fraction of sp³-hybridized carbons (Fsp3) is 0.150. The lowest BCUT2D eigenvalue weighted by atomic mass is 10.0. The van der Waals surface area contributed by atoms with Gasteiger partial charge in [-0.05, 0) is 41.8 Å². The molecule has 0 bridgehead atoms. The van der Waals surface area contributed by atoms with E-state index in [1.54, 1.807) is 0 Å². The molecule has 1 heterocycles. The van der Waals surface area contributed by atoms with Gasteiger partial charge in [0.1, 0.15) is 11.5 Å². The Morgan fingerprint density at radius 1 is 1.15 bits per heavy atom. The Bertz CT molecular complexity index is 978. The second-order valence-corrected chi connectivity index (χ2v) is 6.62. The molecule has 1 amide bonds. The first-order valence-electron chi connectivity index (χ1n) is 8.39. The SMILES string of the molecule is CC(C)c1ccccc1NC(=O)c1ccnc(Nc2ccc(F)c(Cl)c2)n1. The van der Waals surface area contributed by atoms with Crippen LogP contribution in [0.4, 0.5) is 21.7 Å². The van der Waals surface area contributed by atoms with Gasteiger partial charge in [-0.3, -0.25) is 4.79 Å². The number of hydrogen-bond acceptors (Lipinski definition) is 4. The minimum Gasteiger partial charge on any atom is -0.324 e. The highest BCUT2D eigenvalue weighted by molar-refractivity contribution is 6.31. The number of aromatic nitrogens is 2. The zero-order valence-electron chi connectivity index (χ0n) is 14.8. The van der Waals surface area contributed by atoms with Crippen molar-refractivity contribution in [2.45, 2.75) is 19.8 Å². The van der Waals surface area contributed by atoms with Crippen molar-refractivity contribution in [3.63, 3.8) is 0 Å². The summed E-state index contributed by atoms with van der Waals surface area (Å²) in [4.78, 5) is 20.9. The van der Waals surface area contributed by atoms with E-state index < -0.39 is 5.82 Å². The molecule has 27 heavy (non-hydrogen) atoms. The third kappa shape index (κ3) is 4.60. The van der Waals surface area contributed by atoms with Crippen LogP contribution in [0.2, 0.25) is 5.02 Å². The number of anilines is 3. The number of rotatable bonds is 5. The molecule has 0 saturated heterocycles. The highest BCUT2D eigenvalue weighted by Gasteiger charge is 2.13. The largest absolute Gasteiger partial charge is 0.324 e. The van der Waals surface area contributed by atoms with Crippen molar-refractivity contribution in [1.82, 2.24) is 9.97 Å². The van der Waals surface area contributed by atoms with Crippen LogP contribution in [0.1, 0.15) is 35.8 Å². The monoisotopic (exact) mass is 384 g/mol. The Morgan fingerprint density at radius 2 is 1.93 bits per heavy atom. The zero-order valence-corrected chi connectivity index (χ0v) is 15.6. The number of halogens is 2. The van der Waals surface area contributed by atoms with Crippen molar-refractivity contribution in [3.05, 3.63) is 76.8 Å². The van der Waals surface area contributed by atoms with Crippen molar-refractivity contribution >= 4 is 34.8 Å². The van der Waals surface area contributed by atoms with Crippen LogP contribution in [-0.4, -0.2) is 15.9 Å². The Hall–Kier alpha value is -2.99. The average Bonchev–Trinajstić information content (AvgIpc) is 2.65. The van der Waals surface area contributed by atoms with E-state index in [1.165, 1.54) is 30.5 Å². The highest BCUT2D eigenvalue weighted by atomic mass is 35.5. The fourth-order valence-electron chi connectivity index (χ4n) is 2.55. The van der Waals surface area contributed by atoms with Crippen LogP contribution in [0, 0.1) is 5.82 Å². The number of para-hydroxylation sites is 1. The zero-order chi connectivity index (χ0) is 19.4. The molecule has 0 radical (unpaired) electrons. The van der Waals surface area contributed by atoms with Crippen molar-refractivity contribution in [2.75, 3.05) is 10.6 Å². The van der Waals surface area contributed by atoms with Gasteiger partial charge in [0.25, 0.3) is 5.91 Å². The summed E-state index contributed by atoms with van der Waals surface area (Å²) in [5, 5.41) is 5.78. The van der Waals surface area contributed by atoms with Crippen molar-refractivity contribution < 1.29 is 9.18 Å². The number of amides is 1. The second kappa shape index (κ2) is 8.14. The van der Waals surface area contributed by atoms with Crippen LogP contribution in [0.15, 0.2) is 54.7 Å². The molecule has 0 unspecified atom stereocenters. The van der Waals surface area contributed by atoms with Gasteiger partial charge in [0.15, 0.2) is 0 Å². The van der Waals surface area contributed by atoms with Crippen LogP contribution in [0.3, 0.4) is 0 Å². The molecular weight excluding hydrogens is 367 g/mol. The second-order valence-electron chi connectivity index (χ2n) is 6.22. The predicted octanol–water partition coefficient (Wildman–Crippen LogP) is 5.39. The Labute approximate surface area is 161 Å². The van der Waals surface area contributed by atoms with Crippen molar-refractivity contribution in [2.24, 2.45) is 0 Å². The quantitative estimate of drug-likeness (QED) is 0.619. The van der Waals surface area contributed by atoms with Gasteiger partial charge in [-0.1, -0.05) is 43.6 Å². The first-order chi connectivity index (χ1) is 12.9. The smallest absolute Gasteiger partial charge is 0.274 e. The van der Waals surface area contributed by atoms with E-state index in [-0.39, 0.29) is 28.5 Å². The lowest BCUT2D eigenvalue weighted by Gasteiger charge is -2.13. The van der Waals surface area contributed by atoms with E-state index in [0.29, 0.717) is 5.69 Å². The Balaban J connectivity index is 1.79. The molecule has 2 aromatic carbocycles. The summed E-state index contributed by atoms with van der Waals surface area (Å²) in [6, 6.07) is 13.3. The molecule has 3 aromatic rings. The topological polar surface area (TPSA) is 66.9 Å². The van der Waals surface area contributed by atoms with Crippen molar-refractivity contribution in [3.8, 4) is 0 Å². The Morgan fingerprint density at radius 3 is 2.67 bits per heavy atom. The summed E-state index contributed by atoms with van der Waals surface area (Å²) in [7, 11) is 0. The van der Waals surface area contributed by atoms with Crippen LogP contribution in [-0.2, 0) is 0 Å². The van der Waals surface area contributed by atoms with Crippen LogP contribution in [0.25, 0.3) is 0 Å². The van der Waals surface area contributed by atoms with Gasteiger partial charge in [0.05, 0.1) is 5.02 Å². The first-order valence-corrected chi connectivity index (χ1v) is 8.77. The summed E-state index contributed by atoms with van der Waals surface area (Å²) >= 11 is 5.77. The van der Waals surface area contributed by atoms with E-state index in [2.05, 4.69) is 34.4 Å². The first kappa shape index (κ1) is 18.8. The maximum absolute atomic E-state index is 13.3. The summed E-state index contributed by atoms with van der Waals surface area (Å²) in [6.07, 6.45) is 1.48. The van der Waals surface area contributed by atoms with Crippen molar-refractivity contribution in [1.29, 1.82) is 0 Å². The normalized spacial score (nSPS) is 10.7. The number of hydrogen-bond donors (Lipinski definition) is 2. The molecule has 5 nitrogen and oxygen atoms in total. The van der Waals surface area contributed by atoms with Crippen LogP contribution in [0.5, 0.6) is 0 Å². The summed E-state index contributed by atoms with van der Waals surface area (Å²) in [6.45, 7) is 4.12. The fourth-order valence-corrected chi connectivity index (χ4v) is 2.73. The molecule has 0 spiro atoms. The molecule has 2 N–H and O–H groups in total. The molecule has 0 fully saturated rings. The predicted molar refractivity (Wildman–Crippen MR) is 105 cm³/mol. The van der Waals surface area contributed by atoms with Gasteiger partial charge in [-0.15, -0.1) is 0 Å². The molecule has 138 valence electrons. The lowest BCUT2D eigenvalue weighted by molar-refractivity contribution is 0.102. The van der Waals surface area contributed by atoms with E-state index in [4.69, 9.17) is 11.6 Å². The molecule has 0 saturated carbocycles. The van der Waals surface area contributed by atoms with Gasteiger partial charge in [-0.25, -0.2) is 14.4 Å². The standard InChI is InChI=1S/C20H18ClFN4O/c1-12(2)14-5-3-4-6-17(14)25-19(27)18-9-10-23-20(26-18)24-13-7-8-16(22)15(21)11-13/h3-12H,1-2H3,(H,25,27)(H,23,24,26). The Kier molecular flexibility index (Phi) is 5.66. The van der Waals surface area contributed by atoms with E-state index in [1.807, 2.05) is 24.3 Å². The molecule has 7 heteroatoms. The minimum atomic E-state index is -0.514. The molecule has 0 aliphatic heterocycles. The van der Waals surface area contributed by atoms with Crippen LogP contribution >= 0.6 is 11.6 Å². The maximum Gasteiger partial charge on any atom is 0.274 e. The van der Waals surface area contributed by atoms with E-state index >= 15 is 0 Å². The number of benzene rings is 2. The molecule has 3 rings (SSSR count). The summed E-state index contributed by atoms with van der Waals surface area (Å²) in [5.74, 6) is -0.374. The third-order valence-corrected chi connectivity index (χ3v) is 4.18. The number of nitrogens with one attached hydrogen (secondary N) is 2. The van der Waals surface area contributed by atoms with Gasteiger partial charge >= 0.3 is 0 Å². The molecule has 0 aliphatic carbocycles. The average molecular weight is 385 g/mol. The number of nitrogens with zero attached hydrogens (tertiary/aromatic N) is 2. The van der Waals surface area contributed by atoms with Gasteiger partial charge in [0, 0.05) is 17.6 Å². The number of carbonyl (C=O) groups excluding carboxylic acids is 1. The van der Waals surface area contributed by atoms with E-state index in [0.717, 1.165) is 11.3 Å². The number of carbonyl (C=O) groups is 1. The summed E-state index contributed by atoms with van der Waals surface area (Å²) < 4.78 is 13.3. The maximum atomic E-state index is 13.3. The molecule has 0 aliphatic rings. The molecular formula is C20H18ClFN4O. The van der Waals surface area contributed by atoms with Gasteiger partial charge in [0.2, 0.25) is 5.95 Å². The third-order valence-electron chi connectivity index (χ3n) is 3.89. The molecule has 1 aromatic heterocycles. The van der Waals surface area contributed by atoms with Gasteiger partial charge < -0.3 is 10.6 Å². The van der Waals surface area contributed by atoms with Crippen LogP contribution < -0.4 is 10.6 Å². The van der Waals surface area contributed by atoms with E-state index in [9.17, 15) is 9.18 Å².